The van der Waals surface area contributed by atoms with Crippen molar-refractivity contribution in [3.05, 3.63) is 0 Å². The third kappa shape index (κ3) is 2.08. The first-order chi connectivity index (χ1) is 5.84. The normalized spacial score (nSPS) is 23.5. The van der Waals surface area contributed by atoms with Crippen molar-refractivity contribution in [1.29, 1.82) is 0 Å². The van der Waals surface area contributed by atoms with Crippen molar-refractivity contribution in [1.82, 2.24) is 9.43 Å². The standard InChI is InChI=1S/C9H18ClN3/c1-7(2)13-8(9(3,4)5)12(10)6-11-13/h6-8H,1-5H3. The van der Waals surface area contributed by atoms with Crippen molar-refractivity contribution < 1.29 is 0 Å². The molecule has 0 aromatic rings. The van der Waals surface area contributed by atoms with Gasteiger partial charge in [-0.2, -0.15) is 5.10 Å². The molecule has 1 aliphatic heterocycles. The van der Waals surface area contributed by atoms with Crippen LogP contribution in [0.4, 0.5) is 0 Å². The van der Waals surface area contributed by atoms with E-state index in [-0.39, 0.29) is 11.6 Å². The molecule has 0 saturated heterocycles. The van der Waals surface area contributed by atoms with E-state index in [0.717, 1.165) is 0 Å². The first kappa shape index (κ1) is 10.6. The van der Waals surface area contributed by atoms with Crippen molar-refractivity contribution in [2.24, 2.45) is 10.5 Å². The van der Waals surface area contributed by atoms with Crippen LogP contribution in [-0.4, -0.2) is 28.0 Å². The van der Waals surface area contributed by atoms with E-state index in [0.29, 0.717) is 6.04 Å². The van der Waals surface area contributed by atoms with Crippen LogP contribution in [0.5, 0.6) is 0 Å². The summed E-state index contributed by atoms with van der Waals surface area (Å²) in [6.07, 6.45) is 1.83. The zero-order chi connectivity index (χ0) is 10.2. The Hall–Kier alpha value is -0.440. The molecule has 1 heterocycles. The summed E-state index contributed by atoms with van der Waals surface area (Å²) in [7, 11) is 0. The first-order valence-corrected chi connectivity index (χ1v) is 4.94. The van der Waals surface area contributed by atoms with Crippen molar-refractivity contribution >= 4 is 18.1 Å². The van der Waals surface area contributed by atoms with E-state index < -0.39 is 0 Å². The highest BCUT2D eigenvalue weighted by molar-refractivity contribution is 6.19. The maximum absolute atomic E-state index is 6.04. The minimum absolute atomic E-state index is 0.0997. The van der Waals surface area contributed by atoms with Gasteiger partial charge in [-0.25, -0.2) is 4.42 Å². The van der Waals surface area contributed by atoms with Gasteiger partial charge < -0.3 is 0 Å². The predicted molar refractivity (Wildman–Crippen MR) is 56.4 cm³/mol. The average Bonchev–Trinajstić information content (AvgIpc) is 2.28. The largest absolute Gasteiger partial charge is 0.269 e. The smallest absolute Gasteiger partial charge is 0.139 e. The first-order valence-electron chi connectivity index (χ1n) is 4.60. The molecule has 0 spiro atoms. The molecule has 0 aromatic carbocycles. The van der Waals surface area contributed by atoms with E-state index in [1.165, 1.54) is 0 Å². The molecule has 0 N–H and O–H groups in total. The maximum Gasteiger partial charge on any atom is 0.139 e. The van der Waals surface area contributed by atoms with E-state index in [4.69, 9.17) is 11.8 Å². The van der Waals surface area contributed by atoms with Crippen LogP contribution in [-0.2, 0) is 0 Å². The second-order valence-corrected chi connectivity index (χ2v) is 5.18. The Balaban J connectivity index is 2.82. The van der Waals surface area contributed by atoms with Gasteiger partial charge in [0.1, 0.15) is 12.5 Å². The molecule has 76 valence electrons. The molecular weight excluding hydrogens is 186 g/mol. The highest BCUT2D eigenvalue weighted by Gasteiger charge is 2.38. The quantitative estimate of drug-likeness (QED) is 0.610. The van der Waals surface area contributed by atoms with Crippen molar-refractivity contribution in [2.75, 3.05) is 0 Å². The lowest BCUT2D eigenvalue weighted by Gasteiger charge is -2.38. The summed E-state index contributed by atoms with van der Waals surface area (Å²) in [6, 6.07) is 0.379. The molecule has 4 heteroatoms. The number of hydrazone groups is 1. The van der Waals surface area contributed by atoms with Crippen molar-refractivity contribution in [3.63, 3.8) is 0 Å². The molecule has 1 aliphatic rings. The van der Waals surface area contributed by atoms with Gasteiger partial charge in [-0.1, -0.05) is 20.8 Å². The summed E-state index contributed by atoms with van der Waals surface area (Å²) in [6.45, 7) is 10.7. The SMILES string of the molecule is CC(C)N1N=CN(Cl)C1C(C)(C)C. The van der Waals surface area contributed by atoms with Crippen LogP contribution in [0.1, 0.15) is 34.6 Å². The lowest BCUT2D eigenvalue weighted by Crippen LogP contribution is -2.47. The van der Waals surface area contributed by atoms with Gasteiger partial charge in [0.2, 0.25) is 0 Å². The summed E-state index contributed by atoms with van der Waals surface area (Å²) >= 11 is 6.04. The molecule has 0 aromatic heterocycles. The molecular formula is C9H18ClN3. The van der Waals surface area contributed by atoms with Gasteiger partial charge in [0.15, 0.2) is 0 Å². The fraction of sp³-hybridized carbons (Fsp3) is 0.889. The molecule has 0 aliphatic carbocycles. The van der Waals surface area contributed by atoms with Gasteiger partial charge in [-0.15, -0.1) is 0 Å². The van der Waals surface area contributed by atoms with E-state index in [2.05, 4.69) is 39.7 Å². The number of halogens is 1. The molecule has 0 bridgehead atoms. The third-order valence-corrected chi connectivity index (χ3v) is 2.36. The van der Waals surface area contributed by atoms with E-state index in [9.17, 15) is 0 Å². The Morgan fingerprint density at radius 2 is 1.92 bits per heavy atom. The Morgan fingerprint density at radius 1 is 1.38 bits per heavy atom. The van der Waals surface area contributed by atoms with Crippen LogP contribution in [0.15, 0.2) is 5.10 Å². The molecule has 0 saturated carbocycles. The summed E-state index contributed by atoms with van der Waals surface area (Å²) in [5, 5.41) is 6.30. The number of rotatable bonds is 1. The molecule has 0 amide bonds. The minimum atomic E-state index is 0.0997. The van der Waals surface area contributed by atoms with Crippen LogP contribution in [0.25, 0.3) is 0 Å². The minimum Gasteiger partial charge on any atom is -0.269 e. The number of nitrogens with zero attached hydrogens (tertiary/aromatic N) is 3. The van der Waals surface area contributed by atoms with Crippen LogP contribution < -0.4 is 0 Å². The number of hydrogen-bond donors (Lipinski definition) is 0. The monoisotopic (exact) mass is 203 g/mol. The highest BCUT2D eigenvalue weighted by Crippen LogP contribution is 2.32. The summed E-state index contributed by atoms with van der Waals surface area (Å²) in [5.74, 6) is 0. The van der Waals surface area contributed by atoms with Crippen molar-refractivity contribution in [2.45, 2.75) is 46.8 Å². The van der Waals surface area contributed by atoms with Gasteiger partial charge in [0.25, 0.3) is 0 Å². The van der Waals surface area contributed by atoms with Gasteiger partial charge in [-0.05, 0) is 13.8 Å². The van der Waals surface area contributed by atoms with Crippen LogP contribution in [0, 0.1) is 5.41 Å². The topological polar surface area (TPSA) is 18.8 Å². The lowest BCUT2D eigenvalue weighted by atomic mass is 9.91. The summed E-state index contributed by atoms with van der Waals surface area (Å²) in [5.41, 5.74) is 0.0997. The summed E-state index contributed by atoms with van der Waals surface area (Å²) < 4.78 is 1.65. The molecule has 1 unspecified atom stereocenters. The van der Waals surface area contributed by atoms with E-state index in [1.807, 2.05) is 5.01 Å². The third-order valence-electron chi connectivity index (χ3n) is 2.08. The molecule has 3 nitrogen and oxygen atoms in total. The molecule has 1 rings (SSSR count). The molecule has 0 radical (unpaired) electrons. The van der Waals surface area contributed by atoms with Crippen molar-refractivity contribution in [3.8, 4) is 0 Å². The zero-order valence-corrected chi connectivity index (χ0v) is 9.71. The fourth-order valence-electron chi connectivity index (χ4n) is 1.53. The molecule has 13 heavy (non-hydrogen) atoms. The molecule has 0 fully saturated rings. The number of hydrogen-bond acceptors (Lipinski definition) is 3. The van der Waals surface area contributed by atoms with E-state index >= 15 is 0 Å². The summed E-state index contributed by atoms with van der Waals surface area (Å²) in [4.78, 5) is 0. The van der Waals surface area contributed by atoms with Crippen LogP contribution in [0.2, 0.25) is 0 Å². The average molecular weight is 204 g/mol. The Kier molecular flexibility index (Phi) is 2.76. The van der Waals surface area contributed by atoms with Gasteiger partial charge in [0, 0.05) is 23.2 Å². The lowest BCUT2D eigenvalue weighted by molar-refractivity contribution is 0.0475. The van der Waals surface area contributed by atoms with Crippen LogP contribution in [0.3, 0.4) is 0 Å². The van der Waals surface area contributed by atoms with Gasteiger partial charge in [-0.3, -0.25) is 5.01 Å². The fourth-order valence-corrected chi connectivity index (χ4v) is 1.95. The van der Waals surface area contributed by atoms with Crippen LogP contribution >= 0.6 is 11.8 Å². The second-order valence-electron chi connectivity index (χ2n) is 4.79. The maximum atomic E-state index is 6.04. The van der Waals surface area contributed by atoms with Gasteiger partial charge >= 0.3 is 0 Å². The Labute approximate surface area is 85.5 Å². The Morgan fingerprint density at radius 3 is 2.23 bits per heavy atom. The predicted octanol–water partition coefficient (Wildman–Crippen LogP) is 2.48. The zero-order valence-electron chi connectivity index (χ0n) is 8.95. The molecule has 1 atom stereocenters. The Bertz CT molecular complexity index is 207. The van der Waals surface area contributed by atoms with Gasteiger partial charge in [0.05, 0.1) is 0 Å². The second kappa shape index (κ2) is 3.37. The highest BCUT2D eigenvalue weighted by atomic mass is 35.5. The van der Waals surface area contributed by atoms with E-state index in [1.54, 1.807) is 10.8 Å².